The number of nitrogen functional groups attached to an aromatic ring is 1. The molecular formula is C16H28N6O. The lowest BCUT2D eigenvalue weighted by Gasteiger charge is -2.31. The molecule has 1 fully saturated rings. The van der Waals surface area contributed by atoms with Crippen molar-refractivity contribution < 1.29 is 4.79 Å². The fourth-order valence-electron chi connectivity index (χ4n) is 3.10. The van der Waals surface area contributed by atoms with Gasteiger partial charge in [-0.05, 0) is 45.7 Å². The van der Waals surface area contributed by atoms with E-state index < -0.39 is 0 Å². The molecule has 1 aliphatic rings. The van der Waals surface area contributed by atoms with E-state index >= 15 is 0 Å². The van der Waals surface area contributed by atoms with Gasteiger partial charge in [-0.15, -0.1) is 0 Å². The van der Waals surface area contributed by atoms with Crippen molar-refractivity contribution >= 4 is 17.7 Å². The molecule has 128 valence electrons. The minimum absolute atomic E-state index is 0.00716. The van der Waals surface area contributed by atoms with Gasteiger partial charge in [-0.1, -0.05) is 6.92 Å². The van der Waals surface area contributed by atoms with Crippen LogP contribution in [0.4, 0.5) is 11.8 Å². The van der Waals surface area contributed by atoms with Gasteiger partial charge in [0.2, 0.25) is 11.9 Å². The summed E-state index contributed by atoms with van der Waals surface area (Å²) in [5.41, 5.74) is 13.2. The predicted octanol–water partition coefficient (Wildman–Crippen LogP) is 0.929. The zero-order valence-corrected chi connectivity index (χ0v) is 14.1. The number of rotatable bonds is 7. The fourth-order valence-corrected chi connectivity index (χ4v) is 3.10. The number of nitrogens with one attached hydrogen (secondary N) is 1. The average molecular weight is 320 g/mol. The fraction of sp³-hybridized carbons (Fsp3) is 0.688. The van der Waals surface area contributed by atoms with Crippen molar-refractivity contribution in [3.05, 3.63) is 11.3 Å². The van der Waals surface area contributed by atoms with Crippen LogP contribution in [-0.4, -0.2) is 47.0 Å². The second kappa shape index (κ2) is 8.10. The Morgan fingerprint density at radius 3 is 2.91 bits per heavy atom. The smallest absolute Gasteiger partial charge is 0.222 e. The number of nitrogens with zero attached hydrogens (tertiary/aromatic N) is 3. The largest absolute Gasteiger partial charge is 0.370 e. The summed E-state index contributed by atoms with van der Waals surface area (Å²) in [7, 11) is 0. The molecule has 2 rings (SSSR count). The number of piperidine rings is 1. The summed E-state index contributed by atoms with van der Waals surface area (Å²) in [6, 6.07) is 0. The summed E-state index contributed by atoms with van der Waals surface area (Å²) in [6.07, 6.45) is 3.79. The molecule has 0 bridgehead atoms. The van der Waals surface area contributed by atoms with E-state index in [0.29, 0.717) is 5.95 Å². The molecule has 23 heavy (non-hydrogen) atoms. The van der Waals surface area contributed by atoms with Crippen LogP contribution in [0.5, 0.6) is 0 Å². The summed E-state index contributed by atoms with van der Waals surface area (Å²) in [6.45, 7) is 7.68. The highest BCUT2D eigenvalue weighted by molar-refractivity contribution is 5.76. The molecule has 2 heterocycles. The van der Waals surface area contributed by atoms with E-state index in [-0.39, 0.29) is 11.8 Å². The third-order valence-electron chi connectivity index (χ3n) is 4.45. The van der Waals surface area contributed by atoms with Gasteiger partial charge in [-0.2, -0.15) is 4.98 Å². The van der Waals surface area contributed by atoms with Crippen molar-refractivity contribution in [3.63, 3.8) is 0 Å². The number of hydrogen-bond donors (Lipinski definition) is 3. The maximum Gasteiger partial charge on any atom is 0.222 e. The Morgan fingerprint density at radius 2 is 2.22 bits per heavy atom. The number of nitrogens with two attached hydrogens (primary N) is 2. The number of carbonyl (C=O) groups is 1. The Bertz CT molecular complexity index is 548. The van der Waals surface area contributed by atoms with Crippen molar-refractivity contribution in [3.8, 4) is 0 Å². The Morgan fingerprint density at radius 1 is 1.43 bits per heavy atom. The number of primary amides is 1. The van der Waals surface area contributed by atoms with Crippen LogP contribution in [0.3, 0.4) is 0 Å². The van der Waals surface area contributed by atoms with Gasteiger partial charge < -0.3 is 21.7 Å². The number of amides is 1. The number of anilines is 2. The number of aromatic nitrogens is 2. The lowest BCUT2D eigenvalue weighted by molar-refractivity contribution is -0.123. The monoisotopic (exact) mass is 320 g/mol. The molecule has 7 nitrogen and oxygen atoms in total. The van der Waals surface area contributed by atoms with Crippen LogP contribution < -0.4 is 16.8 Å². The van der Waals surface area contributed by atoms with Gasteiger partial charge in [0, 0.05) is 18.7 Å². The Balaban J connectivity index is 1.79. The van der Waals surface area contributed by atoms with E-state index in [1.807, 2.05) is 6.92 Å². The standard InChI is InChI=1S/C16H28N6O/c1-3-13-11(2)15(21-16(18)20-13)19-7-5-9-22-8-4-6-12(10-22)14(17)23/h12H,3-10H2,1-2H3,(H2,17,23)(H3,18,19,20,21). The Labute approximate surface area is 137 Å². The second-order valence-corrected chi connectivity index (χ2v) is 6.18. The topological polar surface area (TPSA) is 110 Å². The number of carbonyl (C=O) groups excluding carboxylic acids is 1. The normalized spacial score (nSPS) is 18.8. The highest BCUT2D eigenvalue weighted by Crippen LogP contribution is 2.18. The summed E-state index contributed by atoms with van der Waals surface area (Å²) >= 11 is 0. The van der Waals surface area contributed by atoms with Gasteiger partial charge in [0.25, 0.3) is 0 Å². The maximum absolute atomic E-state index is 11.3. The summed E-state index contributed by atoms with van der Waals surface area (Å²) < 4.78 is 0. The SMILES string of the molecule is CCc1nc(N)nc(NCCCN2CCCC(C(N)=O)C2)c1C. The molecule has 0 spiro atoms. The third-order valence-corrected chi connectivity index (χ3v) is 4.45. The zero-order chi connectivity index (χ0) is 16.8. The molecule has 0 saturated carbocycles. The molecule has 1 aliphatic heterocycles. The zero-order valence-electron chi connectivity index (χ0n) is 14.1. The van der Waals surface area contributed by atoms with Gasteiger partial charge in [0.15, 0.2) is 0 Å². The van der Waals surface area contributed by atoms with Crippen molar-refractivity contribution in [2.75, 3.05) is 37.2 Å². The molecule has 0 aromatic carbocycles. The van der Waals surface area contributed by atoms with Crippen molar-refractivity contribution in [1.29, 1.82) is 0 Å². The first-order chi connectivity index (χ1) is 11.0. The predicted molar refractivity (Wildman–Crippen MR) is 92.0 cm³/mol. The van der Waals surface area contributed by atoms with Crippen molar-refractivity contribution in [2.24, 2.45) is 11.7 Å². The summed E-state index contributed by atoms with van der Waals surface area (Å²) in [5.74, 6) is 0.970. The lowest BCUT2D eigenvalue weighted by atomic mass is 9.97. The highest BCUT2D eigenvalue weighted by Gasteiger charge is 2.23. The van der Waals surface area contributed by atoms with Crippen LogP contribution >= 0.6 is 0 Å². The molecule has 1 amide bonds. The average Bonchev–Trinajstić information content (AvgIpc) is 2.54. The first-order valence-corrected chi connectivity index (χ1v) is 8.39. The minimum atomic E-state index is -0.174. The molecule has 1 saturated heterocycles. The Hall–Kier alpha value is -1.89. The van der Waals surface area contributed by atoms with Crippen LogP contribution in [0.2, 0.25) is 0 Å². The summed E-state index contributed by atoms with van der Waals surface area (Å²) in [4.78, 5) is 22.2. The van der Waals surface area contributed by atoms with Crippen LogP contribution in [0.1, 0.15) is 37.4 Å². The van der Waals surface area contributed by atoms with Crippen molar-refractivity contribution in [1.82, 2.24) is 14.9 Å². The van der Waals surface area contributed by atoms with Gasteiger partial charge in [-0.25, -0.2) is 4.98 Å². The van der Waals surface area contributed by atoms with Gasteiger partial charge >= 0.3 is 0 Å². The van der Waals surface area contributed by atoms with E-state index in [9.17, 15) is 4.79 Å². The van der Waals surface area contributed by atoms with E-state index in [2.05, 4.69) is 27.1 Å². The summed E-state index contributed by atoms with van der Waals surface area (Å²) in [5, 5.41) is 3.35. The molecule has 0 radical (unpaired) electrons. The maximum atomic E-state index is 11.3. The lowest BCUT2D eigenvalue weighted by Crippen LogP contribution is -2.41. The van der Waals surface area contributed by atoms with Crippen LogP contribution in [0.15, 0.2) is 0 Å². The van der Waals surface area contributed by atoms with E-state index in [4.69, 9.17) is 11.5 Å². The molecule has 0 aliphatic carbocycles. The quantitative estimate of drug-likeness (QED) is 0.645. The first kappa shape index (κ1) is 17.5. The highest BCUT2D eigenvalue weighted by atomic mass is 16.1. The molecule has 1 aromatic heterocycles. The van der Waals surface area contributed by atoms with Crippen LogP contribution in [-0.2, 0) is 11.2 Å². The van der Waals surface area contributed by atoms with E-state index in [1.54, 1.807) is 0 Å². The van der Waals surface area contributed by atoms with Gasteiger partial charge in [0.1, 0.15) is 5.82 Å². The third kappa shape index (κ3) is 4.79. The first-order valence-electron chi connectivity index (χ1n) is 8.39. The Kier molecular flexibility index (Phi) is 6.15. The number of likely N-dealkylation sites (tertiary alicyclic amines) is 1. The molecule has 1 atom stereocenters. The molecule has 1 aromatic rings. The molecular weight excluding hydrogens is 292 g/mol. The van der Waals surface area contributed by atoms with Crippen molar-refractivity contribution in [2.45, 2.75) is 39.5 Å². The minimum Gasteiger partial charge on any atom is -0.370 e. The van der Waals surface area contributed by atoms with Gasteiger partial charge in [-0.3, -0.25) is 4.79 Å². The van der Waals surface area contributed by atoms with Gasteiger partial charge in [0.05, 0.1) is 11.6 Å². The number of hydrogen-bond acceptors (Lipinski definition) is 6. The second-order valence-electron chi connectivity index (χ2n) is 6.18. The van der Waals surface area contributed by atoms with E-state index in [0.717, 1.165) is 68.9 Å². The molecule has 7 heteroatoms. The molecule has 5 N–H and O–H groups in total. The van der Waals surface area contributed by atoms with E-state index in [1.165, 1.54) is 0 Å². The van der Waals surface area contributed by atoms with Crippen LogP contribution in [0.25, 0.3) is 0 Å². The molecule has 1 unspecified atom stereocenters. The number of aryl methyl sites for hydroxylation is 1. The van der Waals surface area contributed by atoms with Crippen LogP contribution in [0, 0.1) is 12.8 Å².